The first-order chi connectivity index (χ1) is 17.3. The molecule has 0 bridgehead atoms. The molecule has 4 N–H and O–H groups in total. The molecule has 0 radical (unpaired) electrons. The second-order valence-electron chi connectivity index (χ2n) is 8.76. The summed E-state index contributed by atoms with van der Waals surface area (Å²) >= 11 is 0. The summed E-state index contributed by atoms with van der Waals surface area (Å²) in [6.45, 7) is 3.06. The van der Waals surface area contributed by atoms with Crippen molar-refractivity contribution in [2.45, 2.75) is 32.5 Å². The molecular weight excluding hydrogens is 458 g/mol. The Labute approximate surface area is 211 Å². The third-order valence-corrected chi connectivity index (χ3v) is 6.33. The zero-order valence-electron chi connectivity index (χ0n) is 21.0. The number of methoxy groups -OCH3 is 2. The average molecular weight is 492 g/mol. The number of hydrogen-bond donors (Lipinski definition) is 4. The summed E-state index contributed by atoms with van der Waals surface area (Å²) in [6, 6.07) is 17.7. The molecule has 0 aliphatic rings. The van der Waals surface area contributed by atoms with Crippen LogP contribution in [0.3, 0.4) is 0 Å². The lowest BCUT2D eigenvalue weighted by Crippen LogP contribution is -2.52. The van der Waals surface area contributed by atoms with E-state index in [2.05, 4.69) is 18.3 Å². The van der Waals surface area contributed by atoms with E-state index in [9.17, 15) is 20.1 Å². The van der Waals surface area contributed by atoms with Crippen LogP contribution in [0, 0.1) is 6.92 Å². The Morgan fingerprint density at radius 2 is 1.67 bits per heavy atom. The van der Waals surface area contributed by atoms with E-state index in [1.165, 1.54) is 6.92 Å². The first-order valence-corrected chi connectivity index (χ1v) is 11.6. The predicted molar refractivity (Wildman–Crippen MR) is 141 cm³/mol. The Hall–Kier alpha value is -3.65. The minimum Gasteiger partial charge on any atom is -0.496 e. The predicted octanol–water partition coefficient (Wildman–Crippen LogP) is 4.27. The number of carboxylic acid groups (broad SMARTS) is 1. The van der Waals surface area contributed by atoms with Crippen molar-refractivity contribution in [3.05, 3.63) is 82.4 Å². The van der Waals surface area contributed by atoms with Crippen molar-refractivity contribution in [1.29, 1.82) is 0 Å². The fraction of sp³-hybridized carbons (Fsp3) is 0.276. The van der Waals surface area contributed by atoms with Crippen LogP contribution in [0.5, 0.6) is 11.5 Å². The summed E-state index contributed by atoms with van der Waals surface area (Å²) in [4.78, 5) is 11.5. The quantitative estimate of drug-likeness (QED) is 0.297. The Balaban J connectivity index is 1.92. The molecule has 0 saturated carbocycles. The molecular formula is C29H33NO6. The molecule has 0 fully saturated rings. The van der Waals surface area contributed by atoms with Crippen molar-refractivity contribution in [3.8, 4) is 22.6 Å². The van der Waals surface area contributed by atoms with E-state index < -0.39 is 18.1 Å². The fourth-order valence-corrected chi connectivity index (χ4v) is 3.93. The second kappa shape index (κ2) is 11.9. The van der Waals surface area contributed by atoms with Gasteiger partial charge in [0.1, 0.15) is 17.0 Å². The summed E-state index contributed by atoms with van der Waals surface area (Å²) < 4.78 is 11.2. The number of carboxylic acids is 1. The van der Waals surface area contributed by atoms with Gasteiger partial charge in [0, 0.05) is 12.1 Å². The zero-order chi connectivity index (χ0) is 26.3. The van der Waals surface area contributed by atoms with Crippen LogP contribution in [0.1, 0.15) is 34.7 Å². The van der Waals surface area contributed by atoms with Crippen LogP contribution < -0.4 is 14.8 Å². The third kappa shape index (κ3) is 5.94. The van der Waals surface area contributed by atoms with Crippen molar-refractivity contribution >= 4 is 18.1 Å². The van der Waals surface area contributed by atoms with Gasteiger partial charge in [-0.2, -0.15) is 0 Å². The molecule has 0 aromatic heterocycles. The van der Waals surface area contributed by atoms with Crippen LogP contribution in [-0.4, -0.2) is 47.7 Å². The molecule has 3 rings (SSSR count). The van der Waals surface area contributed by atoms with Crippen LogP contribution in [0.4, 0.5) is 0 Å². The summed E-state index contributed by atoms with van der Waals surface area (Å²) in [6.07, 6.45) is 3.99. The maximum Gasteiger partial charge on any atom is 0.326 e. The fourth-order valence-electron chi connectivity index (χ4n) is 3.93. The van der Waals surface area contributed by atoms with Gasteiger partial charge in [-0.25, -0.2) is 0 Å². The molecule has 3 aromatic carbocycles. The van der Waals surface area contributed by atoms with E-state index in [0.717, 1.165) is 33.4 Å². The molecule has 1 atom stereocenters. The first kappa shape index (κ1) is 26.9. The molecule has 7 nitrogen and oxygen atoms in total. The first-order valence-electron chi connectivity index (χ1n) is 11.6. The van der Waals surface area contributed by atoms with Crippen LogP contribution in [0.2, 0.25) is 0 Å². The molecule has 7 heteroatoms. The highest BCUT2D eigenvalue weighted by Gasteiger charge is 2.32. The largest absolute Gasteiger partial charge is 0.496 e. The number of benzene rings is 3. The SMILES string of the molecule is COc1cc(C=Cc2cccc(-c3cccc(CO)c3)c2C)cc(OC)c1CNC(C)(CO)C(=O)O. The third-order valence-electron chi connectivity index (χ3n) is 6.33. The number of carbonyl (C=O) groups is 1. The van der Waals surface area contributed by atoms with Crippen molar-refractivity contribution in [2.24, 2.45) is 0 Å². The molecule has 1 unspecified atom stereocenters. The second-order valence-corrected chi connectivity index (χ2v) is 8.76. The lowest BCUT2D eigenvalue weighted by Gasteiger charge is -2.25. The van der Waals surface area contributed by atoms with Crippen molar-refractivity contribution in [2.75, 3.05) is 20.8 Å². The van der Waals surface area contributed by atoms with Gasteiger partial charge in [-0.3, -0.25) is 10.1 Å². The van der Waals surface area contributed by atoms with E-state index in [4.69, 9.17) is 9.47 Å². The Morgan fingerprint density at radius 1 is 1.00 bits per heavy atom. The van der Waals surface area contributed by atoms with Crippen molar-refractivity contribution in [3.63, 3.8) is 0 Å². The summed E-state index contributed by atoms with van der Waals surface area (Å²) in [5, 5.41) is 31.3. The van der Waals surface area contributed by atoms with Crippen LogP contribution >= 0.6 is 0 Å². The highest BCUT2D eigenvalue weighted by Crippen LogP contribution is 2.33. The molecule has 3 aromatic rings. The molecule has 0 heterocycles. The molecule has 36 heavy (non-hydrogen) atoms. The maximum absolute atomic E-state index is 11.5. The molecule has 0 aliphatic heterocycles. The Kier molecular flexibility index (Phi) is 8.88. The molecule has 190 valence electrons. The zero-order valence-corrected chi connectivity index (χ0v) is 21.0. The van der Waals surface area contributed by atoms with Gasteiger partial charge >= 0.3 is 5.97 Å². The maximum atomic E-state index is 11.5. The van der Waals surface area contributed by atoms with Crippen LogP contribution in [0.25, 0.3) is 23.3 Å². The highest BCUT2D eigenvalue weighted by molar-refractivity contribution is 5.79. The van der Waals surface area contributed by atoms with Gasteiger partial charge in [0.15, 0.2) is 0 Å². The minimum absolute atomic E-state index is 0.00277. The van der Waals surface area contributed by atoms with E-state index in [1.807, 2.05) is 60.7 Å². The van der Waals surface area contributed by atoms with Crippen LogP contribution in [0.15, 0.2) is 54.6 Å². The summed E-state index contributed by atoms with van der Waals surface area (Å²) in [5.74, 6) is -0.0693. The molecule has 0 aliphatic carbocycles. The Bertz CT molecular complexity index is 1230. The topological polar surface area (TPSA) is 108 Å². The van der Waals surface area contributed by atoms with Gasteiger partial charge < -0.3 is 24.8 Å². The van der Waals surface area contributed by atoms with Crippen molar-refractivity contribution < 1.29 is 29.6 Å². The number of rotatable bonds is 11. The van der Waals surface area contributed by atoms with Crippen molar-refractivity contribution in [1.82, 2.24) is 5.32 Å². The number of nitrogens with one attached hydrogen (secondary N) is 1. The standard InChI is InChI=1S/C29H33NO6/c1-19-22(8-6-10-24(19)23-9-5-7-21(13-23)17-31)12-11-20-14-26(35-3)25(27(15-20)36-4)16-30-29(2,18-32)28(33)34/h5-15,30-32H,16-18H2,1-4H3,(H,33,34). The monoisotopic (exact) mass is 491 g/mol. The van der Waals surface area contributed by atoms with Gasteiger partial charge in [0.25, 0.3) is 0 Å². The normalized spacial score (nSPS) is 12.9. The number of aliphatic hydroxyl groups excluding tert-OH is 2. The van der Waals surface area contributed by atoms with Gasteiger partial charge in [0.2, 0.25) is 0 Å². The summed E-state index contributed by atoms with van der Waals surface area (Å²) in [5.41, 5.74) is 5.17. The summed E-state index contributed by atoms with van der Waals surface area (Å²) in [7, 11) is 3.09. The number of hydrogen-bond acceptors (Lipinski definition) is 6. The van der Waals surface area contributed by atoms with Gasteiger partial charge in [-0.05, 0) is 65.4 Å². The van der Waals surface area contributed by atoms with Gasteiger partial charge in [0.05, 0.1) is 27.4 Å². The lowest BCUT2D eigenvalue weighted by molar-refractivity contribution is -0.145. The average Bonchev–Trinajstić information content (AvgIpc) is 2.90. The molecule has 0 spiro atoms. The number of aliphatic hydroxyl groups is 2. The van der Waals surface area contributed by atoms with E-state index >= 15 is 0 Å². The van der Waals surface area contributed by atoms with E-state index in [-0.39, 0.29) is 13.2 Å². The molecule has 0 amide bonds. The van der Waals surface area contributed by atoms with Crippen LogP contribution in [-0.2, 0) is 17.9 Å². The molecule has 0 saturated heterocycles. The smallest absolute Gasteiger partial charge is 0.326 e. The van der Waals surface area contributed by atoms with Gasteiger partial charge in [-0.15, -0.1) is 0 Å². The number of ether oxygens (including phenoxy) is 2. The number of aliphatic carboxylic acids is 1. The highest BCUT2D eigenvalue weighted by atomic mass is 16.5. The van der Waals surface area contributed by atoms with E-state index in [0.29, 0.717) is 17.1 Å². The Morgan fingerprint density at radius 3 is 2.25 bits per heavy atom. The lowest BCUT2D eigenvalue weighted by atomic mass is 9.95. The minimum atomic E-state index is -1.49. The van der Waals surface area contributed by atoms with Gasteiger partial charge in [-0.1, -0.05) is 48.6 Å². The van der Waals surface area contributed by atoms with E-state index in [1.54, 1.807) is 14.2 Å².